The van der Waals surface area contributed by atoms with Gasteiger partial charge >= 0.3 is 6.18 Å². The van der Waals surface area contributed by atoms with Gasteiger partial charge in [0.25, 0.3) is 0 Å². The first-order chi connectivity index (χ1) is 15.7. The molecule has 0 saturated carbocycles. The maximum Gasteiger partial charge on any atom is 0.416 e. The van der Waals surface area contributed by atoms with E-state index in [1.165, 1.54) is 17.8 Å². The summed E-state index contributed by atoms with van der Waals surface area (Å²) in [6.45, 7) is 6.74. The molecular formula is C23H25F3N4O2S. The topological polar surface area (TPSA) is 69.0 Å². The quantitative estimate of drug-likeness (QED) is 0.393. The number of nitrogens with one attached hydrogen (secondary N) is 1. The van der Waals surface area contributed by atoms with Crippen LogP contribution in [0, 0.1) is 6.92 Å². The molecule has 1 aromatic heterocycles. The smallest absolute Gasteiger partial charge is 0.416 e. The Hall–Kier alpha value is -3.01. The van der Waals surface area contributed by atoms with Gasteiger partial charge in [-0.2, -0.15) is 13.2 Å². The molecule has 2 aromatic carbocycles. The highest BCUT2D eigenvalue weighted by Gasteiger charge is 2.31. The second-order valence-electron chi connectivity index (χ2n) is 7.26. The van der Waals surface area contributed by atoms with E-state index in [0.29, 0.717) is 30.6 Å². The molecule has 0 atom stereocenters. The molecule has 0 saturated heterocycles. The van der Waals surface area contributed by atoms with Gasteiger partial charge in [0.2, 0.25) is 5.91 Å². The van der Waals surface area contributed by atoms with Gasteiger partial charge in [0.1, 0.15) is 5.75 Å². The Balaban J connectivity index is 1.75. The first kappa shape index (κ1) is 24.6. The summed E-state index contributed by atoms with van der Waals surface area (Å²) in [5, 5.41) is 11.6. The van der Waals surface area contributed by atoms with Crippen molar-refractivity contribution in [1.29, 1.82) is 0 Å². The molecule has 0 aliphatic rings. The number of anilines is 1. The molecule has 0 spiro atoms. The Kier molecular flexibility index (Phi) is 8.01. The standard InChI is InChI=1S/C23H25F3N4O2S/c1-4-12-32-19-11-10-16(23(24,25)26)13-18(19)27-20(31)14-33-22-29-28-21(30(22)5-2)17-9-7-6-8-15(17)3/h6-11,13H,4-5,12,14H2,1-3H3,(H,27,31). The Morgan fingerprint density at radius 2 is 1.91 bits per heavy atom. The molecule has 0 aliphatic heterocycles. The van der Waals surface area contributed by atoms with Crippen LogP contribution < -0.4 is 10.1 Å². The van der Waals surface area contributed by atoms with Crippen LogP contribution in [0.25, 0.3) is 11.4 Å². The van der Waals surface area contributed by atoms with Crippen molar-refractivity contribution in [2.75, 3.05) is 17.7 Å². The van der Waals surface area contributed by atoms with E-state index in [2.05, 4.69) is 15.5 Å². The van der Waals surface area contributed by atoms with E-state index in [4.69, 9.17) is 4.74 Å². The first-order valence-corrected chi connectivity index (χ1v) is 11.5. The zero-order chi connectivity index (χ0) is 24.0. The number of rotatable bonds is 9. The van der Waals surface area contributed by atoms with Crippen LogP contribution in [0.4, 0.5) is 18.9 Å². The zero-order valence-corrected chi connectivity index (χ0v) is 19.4. The number of amides is 1. The number of ether oxygens (including phenoxy) is 1. The third kappa shape index (κ3) is 6.07. The number of aryl methyl sites for hydroxylation is 1. The molecule has 1 heterocycles. The van der Waals surface area contributed by atoms with Gasteiger partial charge in [0.15, 0.2) is 11.0 Å². The summed E-state index contributed by atoms with van der Waals surface area (Å²) in [5.74, 6) is 0.382. The number of halogens is 3. The van der Waals surface area contributed by atoms with Crippen molar-refractivity contribution >= 4 is 23.4 Å². The van der Waals surface area contributed by atoms with E-state index in [0.717, 1.165) is 23.3 Å². The van der Waals surface area contributed by atoms with Crippen LogP contribution in [0.1, 0.15) is 31.4 Å². The van der Waals surface area contributed by atoms with E-state index in [-0.39, 0.29) is 17.2 Å². The Bertz CT molecular complexity index is 1120. The van der Waals surface area contributed by atoms with Gasteiger partial charge in [-0.15, -0.1) is 10.2 Å². The Morgan fingerprint density at radius 1 is 1.15 bits per heavy atom. The molecule has 33 heavy (non-hydrogen) atoms. The molecule has 10 heteroatoms. The minimum Gasteiger partial charge on any atom is -0.491 e. The highest BCUT2D eigenvalue weighted by Crippen LogP contribution is 2.35. The lowest BCUT2D eigenvalue weighted by atomic mass is 10.1. The van der Waals surface area contributed by atoms with Crippen LogP contribution in [0.5, 0.6) is 5.75 Å². The van der Waals surface area contributed by atoms with Crippen LogP contribution in [-0.2, 0) is 17.5 Å². The third-order valence-corrected chi connectivity index (χ3v) is 5.76. The summed E-state index contributed by atoms with van der Waals surface area (Å²) in [6, 6.07) is 10.9. The summed E-state index contributed by atoms with van der Waals surface area (Å²) in [5.41, 5.74) is 1.13. The van der Waals surface area contributed by atoms with Crippen LogP contribution in [0.2, 0.25) is 0 Å². The molecule has 6 nitrogen and oxygen atoms in total. The molecule has 0 radical (unpaired) electrons. The molecule has 0 unspecified atom stereocenters. The molecule has 0 bridgehead atoms. The van der Waals surface area contributed by atoms with Gasteiger partial charge in [-0.3, -0.25) is 4.79 Å². The van der Waals surface area contributed by atoms with Crippen molar-refractivity contribution < 1.29 is 22.7 Å². The Labute approximate surface area is 194 Å². The zero-order valence-electron chi connectivity index (χ0n) is 18.6. The number of hydrogen-bond donors (Lipinski definition) is 1. The van der Waals surface area contributed by atoms with Crippen molar-refractivity contribution in [1.82, 2.24) is 14.8 Å². The molecule has 0 fully saturated rings. The predicted octanol–water partition coefficient (Wildman–Crippen LogP) is 5.81. The minimum atomic E-state index is -4.53. The predicted molar refractivity (Wildman–Crippen MR) is 122 cm³/mol. The lowest BCUT2D eigenvalue weighted by Crippen LogP contribution is -2.17. The normalized spacial score (nSPS) is 11.5. The molecule has 1 amide bonds. The number of carbonyl (C=O) groups excluding carboxylic acids is 1. The molecule has 176 valence electrons. The molecule has 0 aliphatic carbocycles. The lowest BCUT2D eigenvalue weighted by Gasteiger charge is -2.15. The van der Waals surface area contributed by atoms with Gasteiger partial charge < -0.3 is 14.6 Å². The van der Waals surface area contributed by atoms with Crippen molar-refractivity contribution in [3.63, 3.8) is 0 Å². The largest absolute Gasteiger partial charge is 0.491 e. The molecule has 3 rings (SSSR count). The van der Waals surface area contributed by atoms with Gasteiger partial charge in [0.05, 0.1) is 23.6 Å². The second-order valence-corrected chi connectivity index (χ2v) is 8.20. The van der Waals surface area contributed by atoms with Gasteiger partial charge in [0, 0.05) is 12.1 Å². The molecule has 3 aromatic rings. The van der Waals surface area contributed by atoms with Crippen molar-refractivity contribution in [3.05, 3.63) is 53.6 Å². The number of hydrogen-bond acceptors (Lipinski definition) is 5. The average molecular weight is 479 g/mol. The summed E-state index contributed by atoms with van der Waals surface area (Å²) < 4.78 is 46.8. The number of nitrogens with zero attached hydrogens (tertiary/aromatic N) is 3. The lowest BCUT2D eigenvalue weighted by molar-refractivity contribution is -0.137. The number of benzene rings is 2. The summed E-state index contributed by atoms with van der Waals surface area (Å²) >= 11 is 1.17. The van der Waals surface area contributed by atoms with Crippen molar-refractivity contribution in [2.24, 2.45) is 0 Å². The maximum atomic E-state index is 13.1. The fourth-order valence-electron chi connectivity index (χ4n) is 3.16. The summed E-state index contributed by atoms with van der Waals surface area (Å²) in [7, 11) is 0. The molecular weight excluding hydrogens is 453 g/mol. The van der Waals surface area contributed by atoms with Crippen LogP contribution in [0.3, 0.4) is 0 Å². The van der Waals surface area contributed by atoms with Crippen LogP contribution in [-0.4, -0.2) is 33.0 Å². The van der Waals surface area contributed by atoms with Gasteiger partial charge in [-0.1, -0.05) is 43.0 Å². The highest BCUT2D eigenvalue weighted by atomic mass is 32.2. The van der Waals surface area contributed by atoms with E-state index < -0.39 is 17.6 Å². The van der Waals surface area contributed by atoms with Crippen molar-refractivity contribution in [2.45, 2.75) is 45.1 Å². The van der Waals surface area contributed by atoms with Crippen molar-refractivity contribution in [3.8, 4) is 17.1 Å². The fourth-order valence-corrected chi connectivity index (χ4v) is 3.96. The minimum absolute atomic E-state index is 0.0126. The summed E-state index contributed by atoms with van der Waals surface area (Å²) in [4.78, 5) is 12.6. The van der Waals surface area contributed by atoms with Gasteiger partial charge in [-0.25, -0.2) is 0 Å². The number of thioether (sulfide) groups is 1. The van der Waals surface area contributed by atoms with E-state index in [9.17, 15) is 18.0 Å². The van der Waals surface area contributed by atoms with E-state index >= 15 is 0 Å². The number of alkyl halides is 3. The molecule has 1 N–H and O–H groups in total. The van der Waals surface area contributed by atoms with Crippen LogP contribution in [0.15, 0.2) is 47.6 Å². The highest BCUT2D eigenvalue weighted by molar-refractivity contribution is 7.99. The van der Waals surface area contributed by atoms with Gasteiger partial charge in [-0.05, 0) is 44.0 Å². The number of aromatic nitrogens is 3. The maximum absolute atomic E-state index is 13.1. The Morgan fingerprint density at radius 3 is 2.58 bits per heavy atom. The fraction of sp³-hybridized carbons (Fsp3) is 0.348. The second kappa shape index (κ2) is 10.7. The van der Waals surface area contributed by atoms with Crippen LogP contribution >= 0.6 is 11.8 Å². The summed E-state index contributed by atoms with van der Waals surface area (Å²) in [6.07, 6.45) is -3.85. The SMILES string of the molecule is CCCOc1ccc(C(F)(F)F)cc1NC(=O)CSc1nnc(-c2ccccc2C)n1CC. The first-order valence-electron chi connectivity index (χ1n) is 10.5. The monoisotopic (exact) mass is 478 g/mol. The third-order valence-electron chi connectivity index (χ3n) is 4.79. The van der Waals surface area contributed by atoms with E-state index in [1.54, 1.807) is 0 Å². The number of carbonyl (C=O) groups is 1. The average Bonchev–Trinajstić information content (AvgIpc) is 3.19. The van der Waals surface area contributed by atoms with E-state index in [1.807, 2.05) is 49.6 Å².